The summed E-state index contributed by atoms with van der Waals surface area (Å²) >= 11 is 3.72. The van der Waals surface area contributed by atoms with Gasteiger partial charge in [0.05, 0.1) is 0 Å². The quantitative estimate of drug-likeness (QED) is 0.720. The summed E-state index contributed by atoms with van der Waals surface area (Å²) in [6, 6.07) is 14.3. The van der Waals surface area contributed by atoms with Gasteiger partial charge in [-0.2, -0.15) is 0 Å². The van der Waals surface area contributed by atoms with E-state index >= 15 is 0 Å². The number of rotatable bonds is 4. The number of hydrogen-bond donors (Lipinski definition) is 1. The van der Waals surface area contributed by atoms with E-state index in [0.717, 1.165) is 12.6 Å². The first-order valence-electron chi connectivity index (χ1n) is 6.68. The van der Waals surface area contributed by atoms with Crippen molar-refractivity contribution in [3.8, 4) is 10.4 Å². The molecular formula is C16H15NS2. The van der Waals surface area contributed by atoms with E-state index in [1.54, 1.807) is 0 Å². The lowest BCUT2D eigenvalue weighted by atomic mass is 10.1. The Hall–Kier alpha value is -1.16. The summed E-state index contributed by atoms with van der Waals surface area (Å²) in [5.74, 6) is 0. The molecule has 0 amide bonds. The topological polar surface area (TPSA) is 12.0 Å². The van der Waals surface area contributed by atoms with Crippen molar-refractivity contribution < 1.29 is 0 Å². The van der Waals surface area contributed by atoms with Gasteiger partial charge in [0.15, 0.2) is 0 Å². The lowest BCUT2D eigenvalue weighted by molar-refractivity contribution is 0.695. The fraction of sp³-hybridized carbons (Fsp3) is 0.250. The largest absolute Gasteiger partial charge is 0.309 e. The second kappa shape index (κ2) is 4.75. The Morgan fingerprint density at radius 1 is 1.11 bits per heavy atom. The molecule has 1 N–H and O–H groups in total. The van der Waals surface area contributed by atoms with Gasteiger partial charge < -0.3 is 5.32 Å². The van der Waals surface area contributed by atoms with Crippen LogP contribution in [-0.2, 0) is 6.54 Å². The van der Waals surface area contributed by atoms with E-state index in [4.69, 9.17) is 0 Å². The Morgan fingerprint density at radius 3 is 2.95 bits per heavy atom. The molecule has 2 aromatic heterocycles. The fourth-order valence-corrected chi connectivity index (χ4v) is 4.01. The third-order valence-electron chi connectivity index (χ3n) is 3.54. The molecule has 2 heterocycles. The first-order chi connectivity index (χ1) is 9.38. The van der Waals surface area contributed by atoms with Crippen LogP contribution in [0.4, 0.5) is 0 Å². The lowest BCUT2D eigenvalue weighted by Crippen LogP contribution is -2.14. The molecular weight excluding hydrogens is 270 g/mol. The molecule has 1 aromatic carbocycles. The van der Waals surface area contributed by atoms with Gasteiger partial charge in [-0.25, -0.2) is 0 Å². The first kappa shape index (κ1) is 11.6. The molecule has 3 aromatic rings. The summed E-state index contributed by atoms with van der Waals surface area (Å²) in [4.78, 5) is 2.81. The zero-order valence-electron chi connectivity index (χ0n) is 10.6. The third-order valence-corrected chi connectivity index (χ3v) is 5.57. The predicted octanol–water partition coefficient (Wildman–Crippen LogP) is 4.88. The zero-order valence-corrected chi connectivity index (χ0v) is 12.2. The van der Waals surface area contributed by atoms with Crippen LogP contribution < -0.4 is 5.32 Å². The standard InChI is InChI=1S/C16H15NS2/c1-5-15-12(7-8-18-15)9-11(1)16-6-4-14(19-16)10-17-13-2-3-13/h1,4-9,13,17H,2-3,10H2. The van der Waals surface area contributed by atoms with Crippen molar-refractivity contribution in [2.45, 2.75) is 25.4 Å². The predicted molar refractivity (Wildman–Crippen MR) is 85.0 cm³/mol. The van der Waals surface area contributed by atoms with Crippen molar-refractivity contribution in [2.24, 2.45) is 0 Å². The summed E-state index contributed by atoms with van der Waals surface area (Å²) in [7, 11) is 0. The molecule has 0 saturated heterocycles. The molecule has 0 bridgehead atoms. The molecule has 19 heavy (non-hydrogen) atoms. The third kappa shape index (κ3) is 2.46. The van der Waals surface area contributed by atoms with Crippen LogP contribution in [-0.4, -0.2) is 6.04 Å². The van der Waals surface area contributed by atoms with Gasteiger partial charge in [-0.15, -0.1) is 22.7 Å². The molecule has 1 aliphatic carbocycles. The van der Waals surface area contributed by atoms with E-state index in [1.807, 2.05) is 22.7 Å². The van der Waals surface area contributed by atoms with E-state index in [9.17, 15) is 0 Å². The minimum absolute atomic E-state index is 0.785. The summed E-state index contributed by atoms with van der Waals surface area (Å²) in [5, 5.41) is 7.09. The summed E-state index contributed by atoms with van der Waals surface area (Å²) < 4.78 is 1.37. The number of fused-ring (bicyclic) bond motifs is 1. The summed E-state index contributed by atoms with van der Waals surface area (Å²) in [6.07, 6.45) is 2.71. The Labute approximate surface area is 120 Å². The highest BCUT2D eigenvalue weighted by molar-refractivity contribution is 7.17. The number of nitrogens with one attached hydrogen (secondary N) is 1. The first-order valence-corrected chi connectivity index (χ1v) is 8.38. The second-order valence-corrected chi connectivity index (χ2v) is 7.21. The Balaban J connectivity index is 1.59. The van der Waals surface area contributed by atoms with Crippen LogP contribution in [0.2, 0.25) is 0 Å². The van der Waals surface area contributed by atoms with Gasteiger partial charge in [0.1, 0.15) is 0 Å². The molecule has 0 aliphatic heterocycles. The van der Waals surface area contributed by atoms with Gasteiger partial charge >= 0.3 is 0 Å². The van der Waals surface area contributed by atoms with Crippen LogP contribution in [0, 0.1) is 0 Å². The molecule has 0 radical (unpaired) electrons. The second-order valence-electron chi connectivity index (χ2n) is 5.09. The van der Waals surface area contributed by atoms with E-state index in [0.29, 0.717) is 0 Å². The molecule has 4 rings (SSSR count). The van der Waals surface area contributed by atoms with E-state index < -0.39 is 0 Å². The van der Waals surface area contributed by atoms with Crippen molar-refractivity contribution in [3.63, 3.8) is 0 Å². The van der Waals surface area contributed by atoms with Crippen LogP contribution >= 0.6 is 22.7 Å². The van der Waals surface area contributed by atoms with Crippen LogP contribution in [0.5, 0.6) is 0 Å². The van der Waals surface area contributed by atoms with Gasteiger partial charge in [0.25, 0.3) is 0 Å². The summed E-state index contributed by atoms with van der Waals surface area (Å²) in [5.41, 5.74) is 1.34. The molecule has 1 saturated carbocycles. The van der Waals surface area contributed by atoms with Crippen molar-refractivity contribution in [2.75, 3.05) is 0 Å². The van der Waals surface area contributed by atoms with Crippen LogP contribution in [0.15, 0.2) is 41.8 Å². The van der Waals surface area contributed by atoms with Crippen LogP contribution in [0.1, 0.15) is 17.7 Å². The van der Waals surface area contributed by atoms with E-state index in [-0.39, 0.29) is 0 Å². The maximum Gasteiger partial charge on any atom is 0.0346 e. The molecule has 1 aliphatic rings. The Kier molecular flexibility index (Phi) is 2.91. The highest BCUT2D eigenvalue weighted by atomic mass is 32.1. The van der Waals surface area contributed by atoms with Crippen molar-refractivity contribution in [1.29, 1.82) is 0 Å². The van der Waals surface area contributed by atoms with Gasteiger partial charge in [-0.05, 0) is 59.5 Å². The SMILES string of the molecule is c1cc2cc(-c3ccc(CNC4CC4)s3)ccc2s1. The lowest BCUT2D eigenvalue weighted by Gasteiger charge is -1.99. The minimum atomic E-state index is 0.785. The normalized spacial score (nSPS) is 15.2. The molecule has 0 spiro atoms. The average Bonchev–Trinajstić information content (AvgIpc) is 2.96. The Bertz CT molecular complexity index is 706. The smallest absolute Gasteiger partial charge is 0.0346 e. The van der Waals surface area contributed by atoms with E-state index in [2.05, 4.69) is 47.1 Å². The van der Waals surface area contributed by atoms with Crippen molar-refractivity contribution in [3.05, 3.63) is 46.7 Å². The fourth-order valence-electron chi connectivity index (χ4n) is 2.28. The van der Waals surface area contributed by atoms with Gasteiger partial charge in [0.2, 0.25) is 0 Å². The maximum atomic E-state index is 3.58. The van der Waals surface area contributed by atoms with Gasteiger partial charge in [0, 0.05) is 27.0 Å². The van der Waals surface area contributed by atoms with Gasteiger partial charge in [-0.3, -0.25) is 0 Å². The Morgan fingerprint density at radius 2 is 2.05 bits per heavy atom. The molecule has 1 nitrogen and oxygen atoms in total. The molecule has 0 unspecified atom stereocenters. The monoisotopic (exact) mass is 285 g/mol. The number of hydrogen-bond acceptors (Lipinski definition) is 3. The van der Waals surface area contributed by atoms with Gasteiger partial charge in [-0.1, -0.05) is 6.07 Å². The number of benzene rings is 1. The van der Waals surface area contributed by atoms with Crippen molar-refractivity contribution in [1.82, 2.24) is 5.32 Å². The van der Waals surface area contributed by atoms with Crippen LogP contribution in [0.25, 0.3) is 20.5 Å². The number of thiophene rings is 2. The molecule has 0 atom stereocenters. The molecule has 96 valence electrons. The van der Waals surface area contributed by atoms with Crippen LogP contribution in [0.3, 0.4) is 0 Å². The highest BCUT2D eigenvalue weighted by Gasteiger charge is 2.20. The summed E-state index contributed by atoms with van der Waals surface area (Å²) in [6.45, 7) is 1.02. The van der Waals surface area contributed by atoms with E-state index in [1.165, 1.54) is 38.2 Å². The zero-order chi connectivity index (χ0) is 12.7. The molecule has 3 heteroatoms. The highest BCUT2D eigenvalue weighted by Crippen LogP contribution is 2.32. The average molecular weight is 285 g/mol. The molecule has 1 fully saturated rings. The van der Waals surface area contributed by atoms with Crippen molar-refractivity contribution >= 4 is 32.8 Å². The minimum Gasteiger partial charge on any atom is -0.309 e. The maximum absolute atomic E-state index is 3.58.